The van der Waals surface area contributed by atoms with Gasteiger partial charge in [0.15, 0.2) is 5.11 Å². The summed E-state index contributed by atoms with van der Waals surface area (Å²) in [4.78, 5) is 2.66. The standard InChI is InChI=1S/C16H14F3N5S/c17-16(18,19)12-6-4-5-11(9-12)14(10-21-24-20)23-15(25)22-13-7-2-1-3-8-13/h1-9,14H,10H2,(H2,22,23,25). The van der Waals surface area contributed by atoms with Crippen molar-refractivity contribution in [3.8, 4) is 0 Å². The van der Waals surface area contributed by atoms with Crippen LogP contribution in [0.3, 0.4) is 0 Å². The lowest BCUT2D eigenvalue weighted by Crippen LogP contribution is -2.33. The summed E-state index contributed by atoms with van der Waals surface area (Å²) in [7, 11) is 0. The average molecular weight is 365 g/mol. The van der Waals surface area contributed by atoms with Crippen LogP contribution in [0.5, 0.6) is 0 Å². The van der Waals surface area contributed by atoms with Crippen molar-refractivity contribution >= 4 is 23.0 Å². The highest BCUT2D eigenvalue weighted by Crippen LogP contribution is 2.30. The van der Waals surface area contributed by atoms with Crippen molar-refractivity contribution < 1.29 is 13.2 Å². The zero-order valence-electron chi connectivity index (χ0n) is 12.9. The van der Waals surface area contributed by atoms with Gasteiger partial charge in [-0.25, -0.2) is 0 Å². The van der Waals surface area contributed by atoms with Gasteiger partial charge in [0.05, 0.1) is 18.2 Å². The van der Waals surface area contributed by atoms with Gasteiger partial charge >= 0.3 is 6.18 Å². The van der Waals surface area contributed by atoms with E-state index in [0.29, 0.717) is 5.56 Å². The molecule has 9 heteroatoms. The van der Waals surface area contributed by atoms with Crippen LogP contribution in [0.4, 0.5) is 18.9 Å². The number of halogens is 3. The topological polar surface area (TPSA) is 72.8 Å². The lowest BCUT2D eigenvalue weighted by atomic mass is 10.0. The second-order valence-corrected chi connectivity index (χ2v) is 5.46. The maximum Gasteiger partial charge on any atom is 0.416 e. The third kappa shape index (κ3) is 5.66. The number of anilines is 1. The number of thiocarbonyl (C=S) groups is 1. The molecule has 0 bridgehead atoms. The molecule has 2 aromatic carbocycles. The third-order valence-corrected chi connectivity index (χ3v) is 3.50. The van der Waals surface area contributed by atoms with Gasteiger partial charge in [0.2, 0.25) is 0 Å². The molecule has 130 valence electrons. The molecule has 0 fully saturated rings. The van der Waals surface area contributed by atoms with Gasteiger partial charge in [-0.2, -0.15) is 13.2 Å². The van der Waals surface area contributed by atoms with Crippen LogP contribution in [-0.2, 0) is 6.18 Å². The molecule has 2 N–H and O–H groups in total. The largest absolute Gasteiger partial charge is 0.416 e. The molecule has 0 aliphatic heterocycles. The summed E-state index contributed by atoms with van der Waals surface area (Å²) < 4.78 is 38.7. The number of azide groups is 1. The number of hydrogen-bond donors (Lipinski definition) is 2. The van der Waals surface area contributed by atoms with Gasteiger partial charge in [-0.3, -0.25) is 0 Å². The summed E-state index contributed by atoms with van der Waals surface area (Å²) >= 11 is 5.19. The molecular weight excluding hydrogens is 351 g/mol. The summed E-state index contributed by atoms with van der Waals surface area (Å²) in [5.74, 6) is 0. The molecule has 0 aliphatic rings. The van der Waals surface area contributed by atoms with Crippen molar-refractivity contribution in [3.05, 3.63) is 76.2 Å². The number of nitrogens with zero attached hydrogens (tertiary/aromatic N) is 3. The van der Waals surface area contributed by atoms with Crippen LogP contribution in [0.15, 0.2) is 59.7 Å². The highest BCUT2D eigenvalue weighted by Gasteiger charge is 2.31. The number of hydrogen-bond acceptors (Lipinski definition) is 2. The molecule has 0 saturated heterocycles. The van der Waals surface area contributed by atoms with Crippen LogP contribution < -0.4 is 10.6 Å². The van der Waals surface area contributed by atoms with E-state index < -0.39 is 17.8 Å². The fraction of sp³-hybridized carbons (Fsp3) is 0.188. The first-order valence-electron chi connectivity index (χ1n) is 7.20. The highest BCUT2D eigenvalue weighted by molar-refractivity contribution is 7.80. The summed E-state index contributed by atoms with van der Waals surface area (Å²) in [6.07, 6.45) is -4.46. The minimum absolute atomic E-state index is 0.0889. The van der Waals surface area contributed by atoms with E-state index in [1.807, 2.05) is 18.2 Å². The fourth-order valence-corrected chi connectivity index (χ4v) is 2.39. The predicted octanol–water partition coefficient (Wildman–Crippen LogP) is 5.04. The minimum Gasteiger partial charge on any atom is -0.356 e. The Labute approximate surface area is 147 Å². The number of alkyl halides is 3. The number of benzene rings is 2. The van der Waals surface area contributed by atoms with Crippen LogP contribution in [0.2, 0.25) is 0 Å². The van der Waals surface area contributed by atoms with E-state index in [2.05, 4.69) is 20.7 Å². The lowest BCUT2D eigenvalue weighted by Gasteiger charge is -2.21. The van der Waals surface area contributed by atoms with E-state index in [1.165, 1.54) is 12.1 Å². The molecule has 0 heterocycles. The second-order valence-electron chi connectivity index (χ2n) is 5.05. The Hall–Kier alpha value is -2.77. The van der Waals surface area contributed by atoms with Gasteiger partial charge in [-0.1, -0.05) is 35.4 Å². The van der Waals surface area contributed by atoms with Crippen LogP contribution >= 0.6 is 12.2 Å². The van der Waals surface area contributed by atoms with Gasteiger partial charge in [-0.05, 0) is 47.6 Å². The third-order valence-electron chi connectivity index (χ3n) is 3.28. The summed E-state index contributed by atoms with van der Waals surface area (Å²) in [6.45, 7) is -0.0889. The summed E-state index contributed by atoms with van der Waals surface area (Å²) in [5.41, 5.74) is 8.79. The van der Waals surface area contributed by atoms with E-state index in [9.17, 15) is 13.2 Å². The van der Waals surface area contributed by atoms with Crippen molar-refractivity contribution in [3.63, 3.8) is 0 Å². The Morgan fingerprint density at radius 3 is 2.52 bits per heavy atom. The minimum atomic E-state index is -4.46. The summed E-state index contributed by atoms with van der Waals surface area (Å²) in [6, 6.07) is 13.2. The van der Waals surface area contributed by atoms with Crippen LogP contribution in [-0.4, -0.2) is 11.7 Å². The van der Waals surface area contributed by atoms with E-state index in [4.69, 9.17) is 17.7 Å². The van der Waals surface area contributed by atoms with Crippen molar-refractivity contribution in [2.75, 3.05) is 11.9 Å². The monoisotopic (exact) mass is 365 g/mol. The van der Waals surface area contributed by atoms with Gasteiger partial charge < -0.3 is 10.6 Å². The Kier molecular flexibility index (Phi) is 6.21. The molecule has 5 nitrogen and oxygen atoms in total. The van der Waals surface area contributed by atoms with E-state index in [1.54, 1.807) is 12.1 Å². The Bertz CT molecular complexity index is 773. The normalized spacial score (nSPS) is 12.0. The van der Waals surface area contributed by atoms with Crippen LogP contribution in [0.25, 0.3) is 10.4 Å². The molecule has 0 saturated carbocycles. The Balaban J connectivity index is 2.18. The van der Waals surface area contributed by atoms with Crippen LogP contribution in [0.1, 0.15) is 17.2 Å². The Morgan fingerprint density at radius 2 is 1.88 bits per heavy atom. The average Bonchev–Trinajstić information content (AvgIpc) is 2.59. The zero-order chi connectivity index (χ0) is 18.3. The van der Waals surface area contributed by atoms with Gasteiger partial charge in [0.25, 0.3) is 0 Å². The first-order valence-corrected chi connectivity index (χ1v) is 7.61. The second kappa shape index (κ2) is 8.36. The molecule has 25 heavy (non-hydrogen) atoms. The molecule has 2 rings (SSSR count). The first-order chi connectivity index (χ1) is 11.9. The molecular formula is C16H14F3N5S. The molecule has 2 aromatic rings. The molecule has 0 aromatic heterocycles. The van der Waals surface area contributed by atoms with Crippen molar-refractivity contribution in [1.29, 1.82) is 0 Å². The first kappa shape index (κ1) is 18.6. The number of para-hydroxylation sites is 1. The quantitative estimate of drug-likeness (QED) is 0.337. The van der Waals surface area contributed by atoms with Gasteiger partial charge in [-0.15, -0.1) is 0 Å². The van der Waals surface area contributed by atoms with Gasteiger partial charge in [0.1, 0.15) is 0 Å². The molecule has 0 spiro atoms. The van der Waals surface area contributed by atoms with E-state index in [-0.39, 0.29) is 11.7 Å². The molecule has 0 radical (unpaired) electrons. The SMILES string of the molecule is [N-]=[N+]=NCC(NC(=S)Nc1ccccc1)c1cccc(C(F)(F)F)c1. The van der Waals surface area contributed by atoms with Crippen LogP contribution in [0, 0.1) is 0 Å². The maximum atomic E-state index is 12.9. The van der Waals surface area contributed by atoms with E-state index in [0.717, 1.165) is 17.8 Å². The molecule has 0 amide bonds. The molecule has 1 atom stereocenters. The van der Waals surface area contributed by atoms with Gasteiger partial charge in [0, 0.05) is 10.6 Å². The maximum absolute atomic E-state index is 12.9. The van der Waals surface area contributed by atoms with Crippen molar-refractivity contribution in [1.82, 2.24) is 5.32 Å². The fourth-order valence-electron chi connectivity index (χ4n) is 2.13. The Morgan fingerprint density at radius 1 is 1.16 bits per heavy atom. The smallest absolute Gasteiger partial charge is 0.356 e. The lowest BCUT2D eigenvalue weighted by molar-refractivity contribution is -0.137. The number of nitrogens with one attached hydrogen (secondary N) is 2. The highest BCUT2D eigenvalue weighted by atomic mass is 32.1. The summed E-state index contributed by atoms with van der Waals surface area (Å²) in [5, 5.41) is 9.47. The van der Waals surface area contributed by atoms with Crippen molar-refractivity contribution in [2.24, 2.45) is 5.11 Å². The zero-order valence-corrected chi connectivity index (χ0v) is 13.7. The predicted molar refractivity (Wildman–Crippen MR) is 94.0 cm³/mol. The van der Waals surface area contributed by atoms with Crippen molar-refractivity contribution in [2.45, 2.75) is 12.2 Å². The molecule has 0 aliphatic carbocycles. The molecule has 1 unspecified atom stereocenters. The van der Waals surface area contributed by atoms with E-state index >= 15 is 0 Å². The number of rotatable bonds is 5.